The molecule has 0 bridgehead atoms. The molecule has 0 spiro atoms. The van der Waals surface area contributed by atoms with E-state index in [0.29, 0.717) is 0 Å². The zero-order chi connectivity index (χ0) is 10.0. The summed E-state index contributed by atoms with van der Waals surface area (Å²) < 4.78 is 9.65. The van der Waals surface area contributed by atoms with Gasteiger partial charge in [-0.25, -0.2) is 0 Å². The Morgan fingerprint density at radius 2 is 1.77 bits per heavy atom. The van der Waals surface area contributed by atoms with Crippen LogP contribution in [-0.2, 0) is 9.47 Å². The van der Waals surface area contributed by atoms with Gasteiger partial charge in [0.2, 0.25) is 0 Å². The predicted octanol–water partition coefficient (Wildman–Crippen LogP) is -2.57. The number of methoxy groups -OCH3 is 1. The van der Waals surface area contributed by atoms with Gasteiger partial charge in [0.15, 0.2) is 6.29 Å². The highest BCUT2D eigenvalue weighted by Crippen LogP contribution is 2.20. The number of rotatable bonds is 2. The highest BCUT2D eigenvalue weighted by molar-refractivity contribution is 4.88. The van der Waals surface area contributed by atoms with E-state index < -0.39 is 37.3 Å². The molecule has 1 rings (SSSR count). The number of aliphatic hydroxyl groups is 4. The Bertz CT molecular complexity index is 143. The van der Waals surface area contributed by atoms with Crippen LogP contribution in [0.25, 0.3) is 0 Å². The minimum Gasteiger partial charge on any atom is -0.394 e. The van der Waals surface area contributed by atoms with Gasteiger partial charge in [-0.2, -0.15) is 0 Å². The van der Waals surface area contributed by atoms with E-state index in [4.69, 9.17) is 14.6 Å². The molecule has 13 heavy (non-hydrogen) atoms. The average molecular weight is 194 g/mol. The van der Waals surface area contributed by atoms with E-state index in [1.807, 2.05) is 0 Å². The van der Waals surface area contributed by atoms with E-state index in [9.17, 15) is 15.3 Å². The van der Waals surface area contributed by atoms with Gasteiger partial charge in [-0.1, -0.05) is 0 Å². The first-order valence-electron chi connectivity index (χ1n) is 3.95. The van der Waals surface area contributed by atoms with Crippen LogP contribution >= 0.6 is 0 Å². The molecule has 6 heteroatoms. The molecule has 0 aromatic heterocycles. The summed E-state index contributed by atoms with van der Waals surface area (Å²) in [7, 11) is 1.30. The van der Waals surface area contributed by atoms with Crippen LogP contribution in [-0.4, -0.2) is 64.8 Å². The Balaban J connectivity index is 2.66. The molecule has 0 aromatic rings. The topological polar surface area (TPSA) is 99.4 Å². The first-order chi connectivity index (χ1) is 6.11. The lowest BCUT2D eigenvalue weighted by Gasteiger charge is -2.38. The van der Waals surface area contributed by atoms with Crippen molar-refractivity contribution in [3.63, 3.8) is 0 Å². The van der Waals surface area contributed by atoms with Crippen molar-refractivity contribution >= 4 is 0 Å². The SMILES string of the molecule is CO[C@@H]1O[C@H](CO)[C@@H](O)[C@@H](O)[C@@H]1O. The van der Waals surface area contributed by atoms with Crippen LogP contribution in [0.15, 0.2) is 0 Å². The van der Waals surface area contributed by atoms with E-state index in [1.165, 1.54) is 7.11 Å². The smallest absolute Gasteiger partial charge is 0.186 e. The van der Waals surface area contributed by atoms with Gasteiger partial charge in [-0.3, -0.25) is 0 Å². The van der Waals surface area contributed by atoms with Crippen LogP contribution in [0.1, 0.15) is 0 Å². The summed E-state index contributed by atoms with van der Waals surface area (Å²) in [6.07, 6.45) is -5.91. The Hall–Kier alpha value is -0.240. The van der Waals surface area contributed by atoms with Gasteiger partial charge in [-0.05, 0) is 0 Å². The first kappa shape index (κ1) is 10.8. The van der Waals surface area contributed by atoms with Gasteiger partial charge >= 0.3 is 0 Å². The minimum atomic E-state index is -1.36. The number of hydrogen-bond donors (Lipinski definition) is 4. The Morgan fingerprint density at radius 1 is 1.15 bits per heavy atom. The van der Waals surface area contributed by atoms with Crippen molar-refractivity contribution in [2.75, 3.05) is 13.7 Å². The van der Waals surface area contributed by atoms with Crippen LogP contribution in [0.4, 0.5) is 0 Å². The Kier molecular flexibility index (Phi) is 3.60. The molecule has 0 aromatic carbocycles. The molecule has 0 amide bonds. The normalized spacial score (nSPS) is 46.4. The molecule has 1 saturated heterocycles. The fourth-order valence-electron chi connectivity index (χ4n) is 1.26. The average Bonchev–Trinajstić information content (AvgIpc) is 2.15. The van der Waals surface area contributed by atoms with Gasteiger partial charge in [0.05, 0.1) is 6.61 Å². The van der Waals surface area contributed by atoms with E-state index in [2.05, 4.69) is 0 Å². The Labute approximate surface area is 75.3 Å². The van der Waals surface area contributed by atoms with Crippen molar-refractivity contribution in [1.82, 2.24) is 0 Å². The van der Waals surface area contributed by atoms with Crippen LogP contribution in [0.2, 0.25) is 0 Å². The molecule has 4 N–H and O–H groups in total. The zero-order valence-electron chi connectivity index (χ0n) is 7.20. The second-order valence-corrected chi connectivity index (χ2v) is 2.93. The van der Waals surface area contributed by atoms with Gasteiger partial charge in [-0.15, -0.1) is 0 Å². The highest BCUT2D eigenvalue weighted by Gasteiger charge is 2.43. The van der Waals surface area contributed by atoms with Gasteiger partial charge in [0, 0.05) is 7.11 Å². The lowest BCUT2D eigenvalue weighted by atomic mass is 9.99. The second-order valence-electron chi connectivity index (χ2n) is 2.93. The molecule has 1 aliphatic rings. The lowest BCUT2D eigenvalue weighted by Crippen LogP contribution is -2.58. The maximum Gasteiger partial charge on any atom is 0.186 e. The van der Waals surface area contributed by atoms with Crippen molar-refractivity contribution in [3.05, 3.63) is 0 Å². The molecule has 0 unspecified atom stereocenters. The summed E-state index contributed by atoms with van der Waals surface area (Å²) in [4.78, 5) is 0. The molecular formula is C7H14O6. The van der Waals surface area contributed by atoms with Crippen LogP contribution in [0, 0.1) is 0 Å². The molecular weight excluding hydrogens is 180 g/mol. The fourth-order valence-corrected chi connectivity index (χ4v) is 1.26. The minimum absolute atomic E-state index is 0.440. The summed E-state index contributed by atoms with van der Waals surface area (Å²) >= 11 is 0. The molecule has 5 atom stereocenters. The molecule has 0 saturated carbocycles. The van der Waals surface area contributed by atoms with Crippen molar-refractivity contribution in [1.29, 1.82) is 0 Å². The predicted molar refractivity (Wildman–Crippen MR) is 40.8 cm³/mol. The summed E-state index contributed by atoms with van der Waals surface area (Å²) in [6, 6.07) is 0. The molecule has 6 nitrogen and oxygen atoms in total. The highest BCUT2D eigenvalue weighted by atomic mass is 16.7. The van der Waals surface area contributed by atoms with Crippen molar-refractivity contribution < 1.29 is 29.9 Å². The second kappa shape index (κ2) is 4.32. The van der Waals surface area contributed by atoms with Gasteiger partial charge in [0.25, 0.3) is 0 Å². The van der Waals surface area contributed by atoms with Gasteiger partial charge < -0.3 is 29.9 Å². The van der Waals surface area contributed by atoms with E-state index >= 15 is 0 Å². The lowest BCUT2D eigenvalue weighted by molar-refractivity contribution is -0.294. The molecule has 78 valence electrons. The summed E-state index contributed by atoms with van der Waals surface area (Å²) in [5, 5.41) is 36.6. The Morgan fingerprint density at radius 3 is 2.23 bits per heavy atom. The van der Waals surface area contributed by atoms with Crippen molar-refractivity contribution in [2.45, 2.75) is 30.7 Å². The summed E-state index contributed by atoms with van der Waals surface area (Å²) in [5.41, 5.74) is 0. The number of aliphatic hydroxyl groups excluding tert-OH is 4. The van der Waals surface area contributed by atoms with E-state index in [1.54, 1.807) is 0 Å². The first-order valence-corrected chi connectivity index (χ1v) is 3.95. The molecule has 1 heterocycles. The van der Waals surface area contributed by atoms with Crippen molar-refractivity contribution in [3.8, 4) is 0 Å². The van der Waals surface area contributed by atoms with Gasteiger partial charge in [0.1, 0.15) is 24.4 Å². The van der Waals surface area contributed by atoms with E-state index in [0.717, 1.165) is 0 Å². The third-order valence-corrected chi connectivity index (χ3v) is 2.08. The summed E-state index contributed by atoms with van der Waals surface area (Å²) in [6.45, 7) is -0.440. The molecule has 0 aliphatic carbocycles. The third kappa shape index (κ3) is 1.98. The maximum atomic E-state index is 9.28. The van der Waals surface area contributed by atoms with Crippen LogP contribution < -0.4 is 0 Å². The molecule has 0 radical (unpaired) electrons. The largest absolute Gasteiger partial charge is 0.394 e. The fraction of sp³-hybridized carbons (Fsp3) is 1.00. The van der Waals surface area contributed by atoms with E-state index in [-0.39, 0.29) is 0 Å². The van der Waals surface area contributed by atoms with Crippen LogP contribution in [0.5, 0.6) is 0 Å². The molecule has 1 fully saturated rings. The molecule has 1 aliphatic heterocycles. The number of ether oxygens (including phenoxy) is 2. The monoisotopic (exact) mass is 194 g/mol. The number of hydrogen-bond acceptors (Lipinski definition) is 6. The van der Waals surface area contributed by atoms with Crippen LogP contribution in [0.3, 0.4) is 0 Å². The quantitative estimate of drug-likeness (QED) is 0.386. The maximum absolute atomic E-state index is 9.28. The standard InChI is InChI=1S/C7H14O6/c1-12-7-6(11)5(10)4(9)3(2-8)13-7/h3-11H,2H2,1H3/t3-,4-,5-,6+,7-/m1/s1. The third-order valence-electron chi connectivity index (χ3n) is 2.08. The van der Waals surface area contributed by atoms with Crippen molar-refractivity contribution in [2.24, 2.45) is 0 Å². The summed E-state index contributed by atoms with van der Waals surface area (Å²) in [5.74, 6) is 0. The zero-order valence-corrected chi connectivity index (χ0v) is 7.20.